The summed E-state index contributed by atoms with van der Waals surface area (Å²) in [5.41, 5.74) is -0.717. The lowest BCUT2D eigenvalue weighted by Crippen LogP contribution is -2.45. The summed E-state index contributed by atoms with van der Waals surface area (Å²) in [6.07, 6.45) is -5.18. The lowest BCUT2D eigenvalue weighted by molar-refractivity contribution is -0.146. The van der Waals surface area contributed by atoms with Crippen molar-refractivity contribution in [3.63, 3.8) is 0 Å². The van der Waals surface area contributed by atoms with Crippen molar-refractivity contribution in [2.45, 2.75) is 18.7 Å². The van der Waals surface area contributed by atoms with Crippen LogP contribution in [0, 0.1) is 5.92 Å². The minimum Gasteiger partial charge on any atom is -0.370 e. The fourth-order valence-electron chi connectivity index (χ4n) is 3.11. The summed E-state index contributed by atoms with van der Waals surface area (Å²) in [7, 11) is 0. The molecule has 1 N–H and O–H groups in total. The van der Waals surface area contributed by atoms with Gasteiger partial charge in [-0.2, -0.15) is 13.2 Å². The quantitative estimate of drug-likeness (QED) is 0.891. The van der Waals surface area contributed by atoms with Crippen LogP contribution in [0.3, 0.4) is 0 Å². The second kappa shape index (κ2) is 6.43. The molecule has 5 nitrogen and oxygen atoms in total. The highest BCUT2D eigenvalue weighted by Gasteiger charge is 2.38. The molecule has 24 heavy (non-hydrogen) atoms. The Morgan fingerprint density at radius 3 is 2.71 bits per heavy atom. The molecule has 2 aliphatic heterocycles. The zero-order valence-corrected chi connectivity index (χ0v) is 12.8. The van der Waals surface area contributed by atoms with Crippen molar-refractivity contribution < 1.29 is 27.5 Å². The van der Waals surface area contributed by atoms with Gasteiger partial charge in [0.05, 0.1) is 24.6 Å². The third-order valence-corrected chi connectivity index (χ3v) is 4.32. The predicted octanol–water partition coefficient (Wildman–Crippen LogP) is 1.74. The van der Waals surface area contributed by atoms with Crippen LogP contribution < -0.4 is 5.32 Å². The van der Waals surface area contributed by atoms with Crippen molar-refractivity contribution in [1.82, 2.24) is 10.2 Å². The van der Waals surface area contributed by atoms with Crippen LogP contribution in [-0.2, 0) is 20.5 Å². The first-order valence-corrected chi connectivity index (χ1v) is 7.69. The van der Waals surface area contributed by atoms with Gasteiger partial charge in [0.2, 0.25) is 11.8 Å². The molecule has 3 rings (SSSR count). The number of carbonyl (C=O) groups is 2. The van der Waals surface area contributed by atoms with Crippen LogP contribution in [0.1, 0.15) is 23.7 Å². The molecule has 2 amide bonds. The van der Waals surface area contributed by atoms with Gasteiger partial charge in [-0.3, -0.25) is 9.59 Å². The number of nitrogens with zero attached hydrogens (tertiary/aromatic N) is 1. The lowest BCUT2D eigenvalue weighted by Gasteiger charge is -2.35. The minimum atomic E-state index is -4.48. The molecule has 0 bridgehead atoms. The summed E-state index contributed by atoms with van der Waals surface area (Å²) < 4.78 is 45.0. The number of hydrogen-bond donors (Lipinski definition) is 1. The molecule has 0 radical (unpaired) electrons. The standard InChI is InChI=1S/C16H17F3N2O3/c17-16(18,19)12-4-2-1-3-11(12)13-9-21(5-6-24-13)15(23)10-7-14(22)20-8-10/h1-4,10,13H,5-9H2,(H,20,22)/t10-,13+/m1/s1. The van der Waals surface area contributed by atoms with Crippen LogP contribution in [0.5, 0.6) is 0 Å². The molecule has 2 aliphatic rings. The normalized spacial score (nSPS) is 24.8. The van der Waals surface area contributed by atoms with Crippen molar-refractivity contribution >= 4 is 11.8 Å². The fourth-order valence-corrected chi connectivity index (χ4v) is 3.11. The molecule has 130 valence electrons. The second-order valence-corrected chi connectivity index (χ2v) is 5.93. The summed E-state index contributed by atoms with van der Waals surface area (Å²) in [6.45, 7) is 0.806. The van der Waals surface area contributed by atoms with E-state index in [0.717, 1.165) is 6.07 Å². The molecule has 2 saturated heterocycles. The van der Waals surface area contributed by atoms with E-state index in [2.05, 4.69) is 5.32 Å². The monoisotopic (exact) mass is 342 g/mol. The average molecular weight is 342 g/mol. The topological polar surface area (TPSA) is 58.6 Å². The number of halogens is 3. The minimum absolute atomic E-state index is 0.0307. The Kier molecular flexibility index (Phi) is 4.49. The maximum absolute atomic E-state index is 13.2. The molecular formula is C16H17F3N2O3. The van der Waals surface area contributed by atoms with Gasteiger partial charge in [0.1, 0.15) is 6.10 Å². The van der Waals surface area contributed by atoms with E-state index in [1.54, 1.807) is 0 Å². The molecule has 0 spiro atoms. The third-order valence-electron chi connectivity index (χ3n) is 4.32. The Morgan fingerprint density at radius 2 is 2.04 bits per heavy atom. The van der Waals surface area contributed by atoms with E-state index < -0.39 is 23.8 Å². The highest BCUT2D eigenvalue weighted by atomic mass is 19.4. The van der Waals surface area contributed by atoms with E-state index in [1.165, 1.54) is 23.1 Å². The molecule has 1 aromatic carbocycles. The van der Waals surface area contributed by atoms with E-state index in [1.807, 2.05) is 0 Å². The number of amides is 2. The highest BCUT2D eigenvalue weighted by molar-refractivity contribution is 5.89. The Hall–Kier alpha value is -2.09. The molecule has 0 aromatic heterocycles. The number of morpholine rings is 1. The van der Waals surface area contributed by atoms with Crippen LogP contribution in [0.4, 0.5) is 13.2 Å². The first-order valence-electron chi connectivity index (χ1n) is 7.69. The van der Waals surface area contributed by atoms with E-state index in [9.17, 15) is 22.8 Å². The van der Waals surface area contributed by atoms with Crippen molar-refractivity contribution in [3.05, 3.63) is 35.4 Å². The zero-order chi connectivity index (χ0) is 17.3. The van der Waals surface area contributed by atoms with Crippen molar-refractivity contribution in [1.29, 1.82) is 0 Å². The van der Waals surface area contributed by atoms with Crippen molar-refractivity contribution in [2.75, 3.05) is 26.2 Å². The molecule has 0 saturated carbocycles. The molecule has 0 aliphatic carbocycles. The first-order chi connectivity index (χ1) is 11.4. The molecule has 2 heterocycles. The van der Waals surface area contributed by atoms with Crippen LogP contribution in [-0.4, -0.2) is 43.0 Å². The van der Waals surface area contributed by atoms with Gasteiger partial charge < -0.3 is 15.0 Å². The van der Waals surface area contributed by atoms with Gasteiger partial charge in [0, 0.05) is 19.5 Å². The van der Waals surface area contributed by atoms with E-state index in [-0.39, 0.29) is 43.5 Å². The van der Waals surface area contributed by atoms with Gasteiger partial charge in [-0.15, -0.1) is 0 Å². The van der Waals surface area contributed by atoms with Crippen LogP contribution >= 0.6 is 0 Å². The van der Waals surface area contributed by atoms with Gasteiger partial charge in [-0.1, -0.05) is 18.2 Å². The summed E-state index contributed by atoms with van der Waals surface area (Å²) in [6, 6.07) is 5.24. The highest BCUT2D eigenvalue weighted by Crippen LogP contribution is 2.36. The second-order valence-electron chi connectivity index (χ2n) is 5.93. The Morgan fingerprint density at radius 1 is 1.29 bits per heavy atom. The van der Waals surface area contributed by atoms with E-state index >= 15 is 0 Å². The predicted molar refractivity (Wildman–Crippen MR) is 77.8 cm³/mol. The third kappa shape index (κ3) is 3.38. The maximum atomic E-state index is 13.2. The first kappa shape index (κ1) is 16.8. The Bertz CT molecular complexity index is 648. The lowest BCUT2D eigenvalue weighted by atomic mass is 9.99. The Labute approximate surface area is 136 Å². The SMILES string of the molecule is O=C1C[C@@H](C(=O)N2CCO[C@H](c3ccccc3C(F)(F)F)C2)CN1. The number of carbonyl (C=O) groups excluding carboxylic acids is 2. The molecule has 2 atom stereocenters. The number of hydrogen-bond acceptors (Lipinski definition) is 3. The van der Waals surface area contributed by atoms with Gasteiger partial charge in [0.25, 0.3) is 0 Å². The van der Waals surface area contributed by atoms with Crippen LogP contribution in [0.2, 0.25) is 0 Å². The van der Waals surface area contributed by atoms with E-state index in [4.69, 9.17) is 4.74 Å². The Balaban J connectivity index is 1.77. The number of rotatable bonds is 2. The molecule has 2 fully saturated rings. The van der Waals surface area contributed by atoms with Gasteiger partial charge in [-0.25, -0.2) is 0 Å². The number of benzene rings is 1. The van der Waals surface area contributed by atoms with Gasteiger partial charge in [-0.05, 0) is 11.6 Å². The summed E-state index contributed by atoms with van der Waals surface area (Å²) in [4.78, 5) is 25.2. The van der Waals surface area contributed by atoms with Gasteiger partial charge in [0.15, 0.2) is 0 Å². The summed E-state index contributed by atoms with van der Waals surface area (Å²) >= 11 is 0. The smallest absolute Gasteiger partial charge is 0.370 e. The number of ether oxygens (including phenoxy) is 1. The maximum Gasteiger partial charge on any atom is 0.416 e. The molecular weight excluding hydrogens is 325 g/mol. The largest absolute Gasteiger partial charge is 0.416 e. The fraction of sp³-hybridized carbons (Fsp3) is 0.500. The van der Waals surface area contributed by atoms with Crippen molar-refractivity contribution in [3.8, 4) is 0 Å². The molecule has 1 aromatic rings. The zero-order valence-electron chi connectivity index (χ0n) is 12.8. The van der Waals surface area contributed by atoms with Crippen LogP contribution in [0.25, 0.3) is 0 Å². The average Bonchev–Trinajstić information content (AvgIpc) is 3.00. The van der Waals surface area contributed by atoms with E-state index in [0.29, 0.717) is 6.54 Å². The van der Waals surface area contributed by atoms with Gasteiger partial charge >= 0.3 is 6.18 Å². The summed E-state index contributed by atoms with van der Waals surface area (Å²) in [5, 5.41) is 2.60. The number of nitrogens with one attached hydrogen (secondary N) is 1. The van der Waals surface area contributed by atoms with Crippen molar-refractivity contribution in [2.24, 2.45) is 5.92 Å². The van der Waals surface area contributed by atoms with Crippen LogP contribution in [0.15, 0.2) is 24.3 Å². The number of alkyl halides is 3. The molecule has 0 unspecified atom stereocenters. The molecule has 8 heteroatoms. The summed E-state index contributed by atoms with van der Waals surface area (Å²) in [5.74, 6) is -0.846.